The second kappa shape index (κ2) is 8.25. The van der Waals surface area contributed by atoms with E-state index in [-0.39, 0.29) is 5.76 Å². The zero-order chi connectivity index (χ0) is 20.2. The lowest BCUT2D eigenvalue weighted by molar-refractivity contribution is 0.0264. The highest BCUT2D eigenvalue weighted by Crippen LogP contribution is 2.42. The molecule has 4 rings (SSSR count). The van der Waals surface area contributed by atoms with E-state index < -0.39 is 6.23 Å². The molecule has 0 fully saturated rings. The van der Waals surface area contributed by atoms with Gasteiger partial charge >= 0.3 is 0 Å². The second-order valence-corrected chi connectivity index (χ2v) is 6.89. The Hall–Kier alpha value is -3.50. The van der Waals surface area contributed by atoms with Crippen LogP contribution in [0.2, 0.25) is 0 Å². The molecule has 0 radical (unpaired) electrons. The number of aliphatic hydroxyl groups excluding tert-OH is 2. The van der Waals surface area contributed by atoms with Gasteiger partial charge < -0.3 is 19.8 Å². The van der Waals surface area contributed by atoms with Crippen LogP contribution in [0.3, 0.4) is 0 Å². The number of nitrogens with zero attached hydrogens (tertiary/aromatic N) is 1. The molecule has 146 valence electrons. The molecule has 1 heterocycles. The topological polar surface area (TPSA) is 52.9 Å². The van der Waals surface area contributed by atoms with Crippen molar-refractivity contribution in [2.75, 3.05) is 7.11 Å². The smallest absolute Gasteiger partial charge is 0.185 e. The number of hydrogen-bond acceptors (Lipinski definition) is 4. The molecule has 3 aromatic carbocycles. The Balaban J connectivity index is 1.84. The number of rotatable bonds is 5. The van der Waals surface area contributed by atoms with E-state index in [2.05, 4.69) is 30.3 Å². The summed E-state index contributed by atoms with van der Waals surface area (Å²) in [4.78, 5) is 1.67. The van der Waals surface area contributed by atoms with Gasteiger partial charge in [0, 0.05) is 23.9 Å². The average Bonchev–Trinajstić information content (AvgIpc) is 2.77. The Morgan fingerprint density at radius 1 is 0.897 bits per heavy atom. The van der Waals surface area contributed by atoms with Gasteiger partial charge in [-0.25, -0.2) is 0 Å². The van der Waals surface area contributed by atoms with Crippen LogP contribution in [0.15, 0.2) is 96.9 Å². The highest BCUT2D eigenvalue weighted by molar-refractivity contribution is 5.88. The molecule has 1 aliphatic rings. The minimum atomic E-state index is -1.07. The predicted octanol–water partition coefficient (Wildman–Crippen LogP) is 5.12. The van der Waals surface area contributed by atoms with E-state index >= 15 is 0 Å². The molecule has 0 aliphatic carbocycles. The number of allylic oxidation sites excluding steroid dienone is 2. The van der Waals surface area contributed by atoms with Crippen molar-refractivity contribution in [2.45, 2.75) is 12.8 Å². The maximum Gasteiger partial charge on any atom is 0.185 e. The molecule has 0 aromatic heterocycles. The number of methoxy groups -OCH3 is 1. The van der Waals surface area contributed by atoms with Crippen molar-refractivity contribution < 1.29 is 14.9 Å². The summed E-state index contributed by atoms with van der Waals surface area (Å²) < 4.78 is 5.89. The van der Waals surface area contributed by atoms with E-state index in [1.54, 1.807) is 24.3 Å². The molecule has 29 heavy (non-hydrogen) atoms. The lowest BCUT2D eigenvalue weighted by Crippen LogP contribution is -2.33. The second-order valence-electron chi connectivity index (χ2n) is 6.89. The molecular weight excluding hydrogens is 362 g/mol. The fraction of sp³-hybridized carbons (Fsp3) is 0.120. The first-order chi connectivity index (χ1) is 14.2. The average molecular weight is 385 g/mol. The van der Waals surface area contributed by atoms with Crippen LogP contribution in [0.5, 0.6) is 5.75 Å². The quantitative estimate of drug-likeness (QED) is 0.640. The van der Waals surface area contributed by atoms with Gasteiger partial charge in [-0.2, -0.15) is 0 Å². The van der Waals surface area contributed by atoms with Crippen LogP contribution in [0.25, 0.3) is 22.3 Å². The monoisotopic (exact) mass is 385 g/mol. The molecule has 0 bridgehead atoms. The minimum absolute atomic E-state index is 0.0735. The lowest BCUT2D eigenvalue weighted by Gasteiger charge is -2.29. The van der Waals surface area contributed by atoms with Gasteiger partial charge in [-0.1, -0.05) is 72.8 Å². The summed E-state index contributed by atoms with van der Waals surface area (Å²) in [5.41, 5.74) is 5.17. The Morgan fingerprint density at radius 2 is 1.55 bits per heavy atom. The molecule has 4 nitrogen and oxygen atoms in total. The maximum absolute atomic E-state index is 10.3. The van der Waals surface area contributed by atoms with Crippen molar-refractivity contribution in [3.05, 3.63) is 102 Å². The van der Waals surface area contributed by atoms with Gasteiger partial charge in [0.15, 0.2) is 6.23 Å². The molecule has 0 amide bonds. The fourth-order valence-corrected chi connectivity index (χ4v) is 3.66. The zero-order valence-electron chi connectivity index (χ0n) is 16.2. The van der Waals surface area contributed by atoms with Crippen molar-refractivity contribution in [1.82, 2.24) is 4.90 Å². The molecule has 2 N–H and O–H groups in total. The normalized spacial score (nSPS) is 15.9. The van der Waals surface area contributed by atoms with Crippen LogP contribution in [0, 0.1) is 0 Å². The minimum Gasteiger partial charge on any atom is -0.508 e. The Labute approximate surface area is 170 Å². The predicted molar refractivity (Wildman–Crippen MR) is 115 cm³/mol. The highest BCUT2D eigenvalue weighted by atomic mass is 16.5. The summed E-state index contributed by atoms with van der Waals surface area (Å²) in [5.74, 6) is 0.683. The van der Waals surface area contributed by atoms with Crippen molar-refractivity contribution in [3.63, 3.8) is 0 Å². The number of hydrogen-bond donors (Lipinski definition) is 2. The van der Waals surface area contributed by atoms with E-state index in [9.17, 15) is 10.2 Å². The Kier molecular flexibility index (Phi) is 5.36. The third kappa shape index (κ3) is 3.75. The van der Waals surface area contributed by atoms with Crippen molar-refractivity contribution in [3.8, 4) is 28.0 Å². The van der Waals surface area contributed by atoms with Crippen molar-refractivity contribution in [2.24, 2.45) is 0 Å². The summed E-state index contributed by atoms with van der Waals surface area (Å²) in [6, 6.07) is 24.5. The van der Waals surface area contributed by atoms with Gasteiger partial charge in [0.1, 0.15) is 11.5 Å². The van der Waals surface area contributed by atoms with Crippen LogP contribution in [-0.4, -0.2) is 28.5 Å². The van der Waals surface area contributed by atoms with Crippen molar-refractivity contribution in [1.29, 1.82) is 0 Å². The van der Waals surface area contributed by atoms with Crippen LogP contribution in [-0.2, 0) is 6.54 Å². The number of aliphatic hydroxyl groups is 2. The van der Waals surface area contributed by atoms with Gasteiger partial charge in [-0.3, -0.25) is 0 Å². The number of benzene rings is 3. The molecule has 1 aliphatic heterocycles. The van der Waals surface area contributed by atoms with E-state index in [4.69, 9.17) is 4.74 Å². The molecular formula is C25H23NO3. The maximum atomic E-state index is 10.3. The summed E-state index contributed by atoms with van der Waals surface area (Å²) in [6.45, 7) is 0.396. The van der Waals surface area contributed by atoms with E-state index in [1.807, 2.05) is 42.5 Å². The molecule has 1 unspecified atom stereocenters. The van der Waals surface area contributed by atoms with Gasteiger partial charge in [-0.05, 0) is 28.8 Å². The van der Waals surface area contributed by atoms with Gasteiger partial charge in [0.2, 0.25) is 0 Å². The van der Waals surface area contributed by atoms with Crippen LogP contribution < -0.4 is 4.74 Å². The Morgan fingerprint density at radius 3 is 2.21 bits per heavy atom. The molecule has 0 saturated heterocycles. The van der Waals surface area contributed by atoms with Crippen LogP contribution in [0.1, 0.15) is 5.56 Å². The Bertz CT molecular complexity index is 1040. The van der Waals surface area contributed by atoms with Crippen molar-refractivity contribution >= 4 is 0 Å². The van der Waals surface area contributed by atoms with Crippen LogP contribution in [0.4, 0.5) is 0 Å². The summed E-state index contributed by atoms with van der Waals surface area (Å²) in [6.07, 6.45) is 3.90. The molecule has 1 atom stereocenters. The van der Waals surface area contributed by atoms with E-state index in [0.29, 0.717) is 6.54 Å². The standard InChI is InChI=1S/C25H23NO3/c1-29-24-20(17-26-16-8-13-22(27)25(26)28)14-15-21(18-9-4-2-5-10-18)23(24)19-11-6-3-7-12-19/h2-16,25,27-28H,17H2,1H3. The highest BCUT2D eigenvalue weighted by Gasteiger charge is 2.23. The largest absolute Gasteiger partial charge is 0.508 e. The summed E-state index contributed by atoms with van der Waals surface area (Å²) >= 11 is 0. The van der Waals surface area contributed by atoms with Crippen LogP contribution >= 0.6 is 0 Å². The van der Waals surface area contributed by atoms with E-state index in [0.717, 1.165) is 33.6 Å². The lowest BCUT2D eigenvalue weighted by atomic mass is 9.91. The number of ether oxygens (including phenoxy) is 1. The molecule has 4 heteroatoms. The molecule has 0 spiro atoms. The van der Waals surface area contributed by atoms with Gasteiger partial charge in [-0.15, -0.1) is 0 Å². The molecule has 0 saturated carbocycles. The van der Waals surface area contributed by atoms with Gasteiger partial charge in [0.05, 0.1) is 7.11 Å². The first-order valence-electron chi connectivity index (χ1n) is 9.51. The third-order valence-electron chi connectivity index (χ3n) is 5.07. The fourth-order valence-electron chi connectivity index (χ4n) is 3.66. The summed E-state index contributed by atoms with van der Waals surface area (Å²) in [5, 5.41) is 20.2. The first-order valence-corrected chi connectivity index (χ1v) is 9.51. The SMILES string of the molecule is COc1c(CN2C=CC=C(O)C2O)ccc(-c2ccccc2)c1-c1ccccc1. The zero-order valence-corrected chi connectivity index (χ0v) is 16.2. The third-order valence-corrected chi connectivity index (χ3v) is 5.07. The molecule has 3 aromatic rings. The first kappa shape index (κ1) is 18.8. The van der Waals surface area contributed by atoms with Gasteiger partial charge in [0.25, 0.3) is 0 Å². The summed E-state index contributed by atoms with van der Waals surface area (Å²) in [7, 11) is 1.67. The van der Waals surface area contributed by atoms with E-state index in [1.165, 1.54) is 6.08 Å².